The van der Waals surface area contributed by atoms with Gasteiger partial charge in [0.15, 0.2) is 0 Å². The maximum atomic E-state index is 13.1. The smallest absolute Gasteiger partial charge is 0.129 e. The molecule has 0 unspecified atom stereocenters. The van der Waals surface area contributed by atoms with Crippen LogP contribution in [0.25, 0.3) is 6.08 Å². The molecular formula is C10H8F2. The third-order valence-electron chi connectivity index (χ3n) is 2.05. The zero-order valence-corrected chi connectivity index (χ0v) is 6.48. The molecule has 1 aliphatic carbocycles. The molecular weight excluding hydrogens is 158 g/mol. The Labute approximate surface area is 69.5 Å². The maximum Gasteiger partial charge on any atom is 0.129 e. The molecule has 0 radical (unpaired) electrons. The van der Waals surface area contributed by atoms with Crippen LogP contribution in [0, 0.1) is 11.6 Å². The summed E-state index contributed by atoms with van der Waals surface area (Å²) < 4.78 is 25.7. The molecule has 0 bridgehead atoms. The van der Waals surface area contributed by atoms with Gasteiger partial charge in [0, 0.05) is 6.07 Å². The van der Waals surface area contributed by atoms with Gasteiger partial charge in [-0.15, -0.1) is 0 Å². The van der Waals surface area contributed by atoms with E-state index in [9.17, 15) is 8.78 Å². The zero-order chi connectivity index (χ0) is 8.55. The van der Waals surface area contributed by atoms with Gasteiger partial charge in [-0.05, 0) is 30.0 Å². The Morgan fingerprint density at radius 2 is 2.00 bits per heavy atom. The predicted octanol–water partition coefficient (Wildman–Crippen LogP) is 2.92. The van der Waals surface area contributed by atoms with Crippen LogP contribution in [0.2, 0.25) is 0 Å². The lowest BCUT2D eigenvalue weighted by Crippen LogP contribution is -1.99. The van der Waals surface area contributed by atoms with Gasteiger partial charge < -0.3 is 0 Å². The summed E-state index contributed by atoms with van der Waals surface area (Å²) in [6, 6.07) is 2.31. The Balaban J connectivity index is 2.62. The van der Waals surface area contributed by atoms with Crippen molar-refractivity contribution in [3.63, 3.8) is 0 Å². The first-order valence-corrected chi connectivity index (χ1v) is 3.92. The average Bonchev–Trinajstić information content (AvgIpc) is 2.04. The summed E-state index contributed by atoms with van der Waals surface area (Å²) >= 11 is 0. The molecule has 62 valence electrons. The molecule has 0 saturated heterocycles. The van der Waals surface area contributed by atoms with E-state index in [-0.39, 0.29) is 0 Å². The molecule has 2 rings (SSSR count). The highest BCUT2D eigenvalue weighted by Crippen LogP contribution is 2.22. The lowest BCUT2D eigenvalue weighted by atomic mass is 9.97. The third-order valence-corrected chi connectivity index (χ3v) is 2.05. The Bertz CT molecular complexity index is 340. The molecule has 0 fully saturated rings. The highest BCUT2D eigenvalue weighted by molar-refractivity contribution is 5.56. The number of halogens is 2. The Morgan fingerprint density at radius 1 is 1.17 bits per heavy atom. The first-order valence-electron chi connectivity index (χ1n) is 3.92. The summed E-state index contributed by atoms with van der Waals surface area (Å²) in [4.78, 5) is 0. The minimum Gasteiger partial charge on any atom is -0.207 e. The molecule has 0 atom stereocenters. The van der Waals surface area contributed by atoms with Crippen LogP contribution in [0.15, 0.2) is 18.2 Å². The third kappa shape index (κ3) is 1.13. The van der Waals surface area contributed by atoms with Crippen LogP contribution in [0.4, 0.5) is 8.78 Å². The van der Waals surface area contributed by atoms with Crippen molar-refractivity contribution in [3.05, 3.63) is 41.0 Å². The number of fused-ring (bicyclic) bond motifs is 1. The van der Waals surface area contributed by atoms with E-state index in [0.29, 0.717) is 17.5 Å². The Kier molecular flexibility index (Phi) is 1.68. The van der Waals surface area contributed by atoms with Gasteiger partial charge in [-0.25, -0.2) is 8.78 Å². The van der Waals surface area contributed by atoms with Crippen LogP contribution in [0.3, 0.4) is 0 Å². The van der Waals surface area contributed by atoms with E-state index in [1.807, 2.05) is 6.08 Å². The molecule has 0 nitrogen and oxygen atoms in total. The number of hydrogen-bond donors (Lipinski definition) is 0. The molecule has 0 N–H and O–H groups in total. The summed E-state index contributed by atoms with van der Waals surface area (Å²) in [6.07, 6.45) is 5.22. The number of hydrogen-bond acceptors (Lipinski definition) is 0. The van der Waals surface area contributed by atoms with Crippen molar-refractivity contribution in [2.45, 2.75) is 12.8 Å². The zero-order valence-electron chi connectivity index (χ0n) is 6.48. The van der Waals surface area contributed by atoms with E-state index in [0.717, 1.165) is 12.5 Å². The predicted molar refractivity (Wildman–Crippen MR) is 43.7 cm³/mol. The van der Waals surface area contributed by atoms with Gasteiger partial charge in [0.1, 0.15) is 11.6 Å². The molecule has 1 aromatic rings. The average molecular weight is 166 g/mol. The summed E-state index contributed by atoms with van der Waals surface area (Å²) in [5.74, 6) is -0.924. The summed E-state index contributed by atoms with van der Waals surface area (Å²) in [7, 11) is 0. The second-order valence-electron chi connectivity index (χ2n) is 2.90. The number of allylic oxidation sites excluding steroid dienone is 1. The Morgan fingerprint density at radius 3 is 2.83 bits per heavy atom. The fourth-order valence-electron chi connectivity index (χ4n) is 1.47. The van der Waals surface area contributed by atoms with Gasteiger partial charge in [0.2, 0.25) is 0 Å². The van der Waals surface area contributed by atoms with Gasteiger partial charge in [0.25, 0.3) is 0 Å². The van der Waals surface area contributed by atoms with Crippen molar-refractivity contribution in [1.29, 1.82) is 0 Å². The van der Waals surface area contributed by atoms with Crippen molar-refractivity contribution in [1.82, 2.24) is 0 Å². The van der Waals surface area contributed by atoms with Crippen LogP contribution in [0.1, 0.15) is 17.5 Å². The monoisotopic (exact) mass is 166 g/mol. The summed E-state index contributed by atoms with van der Waals surface area (Å²) in [6.45, 7) is 0. The second kappa shape index (κ2) is 2.70. The van der Waals surface area contributed by atoms with Gasteiger partial charge in [-0.3, -0.25) is 0 Å². The highest BCUT2D eigenvalue weighted by atomic mass is 19.1. The molecule has 0 amide bonds. The van der Waals surface area contributed by atoms with Crippen molar-refractivity contribution in [2.24, 2.45) is 0 Å². The molecule has 0 saturated carbocycles. The quantitative estimate of drug-likeness (QED) is 0.555. The van der Waals surface area contributed by atoms with Gasteiger partial charge in [0.05, 0.1) is 0 Å². The molecule has 12 heavy (non-hydrogen) atoms. The lowest BCUT2D eigenvalue weighted by Gasteiger charge is -2.10. The van der Waals surface area contributed by atoms with E-state index in [4.69, 9.17) is 0 Å². The minimum atomic E-state index is -0.502. The fraction of sp³-hybridized carbons (Fsp3) is 0.200. The van der Waals surface area contributed by atoms with E-state index < -0.39 is 11.6 Å². The van der Waals surface area contributed by atoms with Crippen molar-refractivity contribution >= 4 is 6.08 Å². The molecule has 0 aromatic heterocycles. The highest BCUT2D eigenvalue weighted by Gasteiger charge is 2.10. The van der Waals surface area contributed by atoms with Crippen LogP contribution < -0.4 is 0 Å². The van der Waals surface area contributed by atoms with Crippen LogP contribution in [-0.4, -0.2) is 0 Å². The molecule has 0 heterocycles. The maximum absolute atomic E-state index is 13.1. The normalized spacial score (nSPS) is 14.5. The Hall–Kier alpha value is -1.18. The minimum absolute atomic E-state index is 0.422. The van der Waals surface area contributed by atoms with Crippen molar-refractivity contribution < 1.29 is 8.78 Å². The second-order valence-corrected chi connectivity index (χ2v) is 2.90. The SMILES string of the molecule is Fc1cc(F)c2c(c1)C=CCC2. The van der Waals surface area contributed by atoms with Gasteiger partial charge in [-0.2, -0.15) is 0 Å². The van der Waals surface area contributed by atoms with E-state index >= 15 is 0 Å². The number of benzene rings is 1. The number of rotatable bonds is 0. The lowest BCUT2D eigenvalue weighted by molar-refractivity contribution is 0.570. The van der Waals surface area contributed by atoms with Crippen LogP contribution in [0.5, 0.6) is 0 Å². The largest absolute Gasteiger partial charge is 0.207 e. The topological polar surface area (TPSA) is 0 Å². The molecule has 0 spiro atoms. The van der Waals surface area contributed by atoms with E-state index in [2.05, 4.69) is 0 Å². The summed E-state index contributed by atoms with van der Waals surface area (Å²) in [5, 5.41) is 0. The van der Waals surface area contributed by atoms with E-state index in [1.165, 1.54) is 6.07 Å². The fourth-order valence-corrected chi connectivity index (χ4v) is 1.47. The standard InChI is InChI=1S/C10H8F2/c11-8-5-7-3-1-2-4-9(7)10(12)6-8/h1,3,5-6H,2,4H2. The molecule has 0 aliphatic heterocycles. The first kappa shape index (κ1) is 7.47. The van der Waals surface area contributed by atoms with Crippen LogP contribution in [-0.2, 0) is 6.42 Å². The van der Waals surface area contributed by atoms with Crippen LogP contribution >= 0.6 is 0 Å². The van der Waals surface area contributed by atoms with Crippen molar-refractivity contribution in [3.8, 4) is 0 Å². The van der Waals surface area contributed by atoms with Gasteiger partial charge in [-0.1, -0.05) is 12.2 Å². The molecule has 2 heteroatoms. The van der Waals surface area contributed by atoms with Gasteiger partial charge >= 0.3 is 0 Å². The summed E-state index contributed by atoms with van der Waals surface area (Å²) in [5.41, 5.74) is 1.32. The van der Waals surface area contributed by atoms with E-state index in [1.54, 1.807) is 6.08 Å². The molecule has 1 aromatic carbocycles. The molecule has 1 aliphatic rings. The van der Waals surface area contributed by atoms with Crippen molar-refractivity contribution in [2.75, 3.05) is 0 Å². The first-order chi connectivity index (χ1) is 5.77.